The molecular weight excluding hydrogens is 166 g/mol. The summed E-state index contributed by atoms with van der Waals surface area (Å²) in [6.07, 6.45) is 6.30. The van der Waals surface area contributed by atoms with Crippen molar-refractivity contribution in [3.8, 4) is 0 Å². The average molecular weight is 185 g/mol. The van der Waals surface area contributed by atoms with Crippen LogP contribution in [0, 0.1) is 5.41 Å². The van der Waals surface area contributed by atoms with Gasteiger partial charge in [-0.3, -0.25) is 5.43 Å². The predicted octanol–water partition coefficient (Wildman–Crippen LogP) is 1.13. The van der Waals surface area contributed by atoms with Crippen molar-refractivity contribution in [1.82, 2.24) is 10.7 Å². The summed E-state index contributed by atoms with van der Waals surface area (Å²) in [5.41, 5.74) is 2.50. The maximum Gasteiger partial charge on any atom is 0.328 e. The van der Waals surface area contributed by atoms with E-state index in [-0.39, 0.29) is 6.03 Å². The van der Waals surface area contributed by atoms with Gasteiger partial charge in [-0.25, -0.2) is 10.6 Å². The Bertz CT molecular complexity index is 176. The summed E-state index contributed by atoms with van der Waals surface area (Å²) in [6, 6.07) is -0.290. The molecule has 13 heavy (non-hydrogen) atoms. The molecule has 0 bridgehead atoms. The summed E-state index contributed by atoms with van der Waals surface area (Å²) >= 11 is 0. The van der Waals surface area contributed by atoms with E-state index >= 15 is 0 Å². The number of nitrogens with two attached hydrogens (primary N) is 1. The van der Waals surface area contributed by atoms with Crippen molar-refractivity contribution in [2.45, 2.75) is 39.0 Å². The highest BCUT2D eigenvalue weighted by atomic mass is 16.2. The van der Waals surface area contributed by atoms with Gasteiger partial charge in [-0.05, 0) is 24.7 Å². The van der Waals surface area contributed by atoms with Gasteiger partial charge in [0.2, 0.25) is 0 Å². The van der Waals surface area contributed by atoms with Crippen LogP contribution in [0.25, 0.3) is 0 Å². The van der Waals surface area contributed by atoms with Crippen LogP contribution in [0.5, 0.6) is 0 Å². The number of hydrazine groups is 1. The molecule has 0 saturated heterocycles. The van der Waals surface area contributed by atoms with Crippen LogP contribution in [-0.2, 0) is 0 Å². The summed E-state index contributed by atoms with van der Waals surface area (Å²) in [5.74, 6) is 4.94. The van der Waals surface area contributed by atoms with Crippen molar-refractivity contribution in [1.29, 1.82) is 0 Å². The van der Waals surface area contributed by atoms with Gasteiger partial charge in [0.1, 0.15) is 0 Å². The smallest absolute Gasteiger partial charge is 0.328 e. The predicted molar refractivity (Wildman–Crippen MR) is 51.9 cm³/mol. The van der Waals surface area contributed by atoms with E-state index in [9.17, 15) is 4.79 Å². The molecule has 76 valence electrons. The maximum absolute atomic E-state index is 10.7. The van der Waals surface area contributed by atoms with Crippen LogP contribution in [0.4, 0.5) is 4.79 Å². The zero-order valence-electron chi connectivity index (χ0n) is 8.23. The first kappa shape index (κ1) is 10.3. The van der Waals surface area contributed by atoms with E-state index in [1.165, 1.54) is 25.7 Å². The first-order chi connectivity index (χ1) is 6.16. The van der Waals surface area contributed by atoms with Gasteiger partial charge in [0.15, 0.2) is 0 Å². The lowest BCUT2D eigenvalue weighted by Crippen LogP contribution is -2.41. The molecule has 0 aromatic carbocycles. The standard InChI is InChI=1S/C9H19N3O/c1-9(4-2-3-5-9)6-7-11-8(13)12-10/h2-7,10H2,1H3,(H2,11,12,13). The van der Waals surface area contributed by atoms with Crippen molar-refractivity contribution < 1.29 is 4.79 Å². The van der Waals surface area contributed by atoms with E-state index in [0.717, 1.165) is 13.0 Å². The Morgan fingerprint density at radius 2 is 2.08 bits per heavy atom. The summed E-state index contributed by atoms with van der Waals surface area (Å²) in [6.45, 7) is 3.02. The quantitative estimate of drug-likeness (QED) is 0.350. The number of hydrogen-bond donors (Lipinski definition) is 3. The van der Waals surface area contributed by atoms with Gasteiger partial charge in [-0.15, -0.1) is 0 Å². The topological polar surface area (TPSA) is 67.2 Å². The normalized spacial score (nSPS) is 19.8. The summed E-state index contributed by atoms with van der Waals surface area (Å²) in [4.78, 5) is 10.7. The van der Waals surface area contributed by atoms with E-state index in [4.69, 9.17) is 5.84 Å². The molecule has 0 aliphatic heterocycles. The van der Waals surface area contributed by atoms with Gasteiger partial charge in [0.05, 0.1) is 0 Å². The molecular formula is C9H19N3O. The first-order valence-electron chi connectivity index (χ1n) is 4.91. The third-order valence-corrected chi connectivity index (χ3v) is 2.96. The maximum atomic E-state index is 10.7. The Morgan fingerprint density at radius 3 is 2.62 bits per heavy atom. The molecule has 0 radical (unpaired) electrons. The number of nitrogens with one attached hydrogen (secondary N) is 2. The van der Waals surface area contributed by atoms with Crippen molar-refractivity contribution in [3.05, 3.63) is 0 Å². The number of carbonyl (C=O) groups excluding carboxylic acids is 1. The summed E-state index contributed by atoms with van der Waals surface area (Å²) in [7, 11) is 0. The van der Waals surface area contributed by atoms with E-state index in [0.29, 0.717) is 5.41 Å². The molecule has 1 rings (SSSR count). The lowest BCUT2D eigenvalue weighted by molar-refractivity contribution is 0.237. The second kappa shape index (κ2) is 4.46. The lowest BCUT2D eigenvalue weighted by Gasteiger charge is -2.23. The SMILES string of the molecule is CC1(CCNC(=O)NN)CCCC1. The van der Waals surface area contributed by atoms with Gasteiger partial charge in [0.25, 0.3) is 0 Å². The Morgan fingerprint density at radius 1 is 1.46 bits per heavy atom. The Kier molecular flexibility index (Phi) is 3.54. The molecule has 0 aromatic rings. The molecule has 4 N–H and O–H groups in total. The lowest BCUT2D eigenvalue weighted by atomic mass is 9.85. The van der Waals surface area contributed by atoms with E-state index < -0.39 is 0 Å². The van der Waals surface area contributed by atoms with Crippen LogP contribution in [0.1, 0.15) is 39.0 Å². The third-order valence-electron chi connectivity index (χ3n) is 2.96. The first-order valence-corrected chi connectivity index (χ1v) is 4.91. The monoisotopic (exact) mass is 185 g/mol. The van der Waals surface area contributed by atoms with Crippen LogP contribution in [0.15, 0.2) is 0 Å². The molecule has 2 amide bonds. The number of urea groups is 1. The number of amides is 2. The fourth-order valence-electron chi connectivity index (χ4n) is 2.01. The van der Waals surface area contributed by atoms with Crippen LogP contribution in [-0.4, -0.2) is 12.6 Å². The van der Waals surface area contributed by atoms with Gasteiger partial charge < -0.3 is 5.32 Å². The molecule has 0 aromatic heterocycles. The van der Waals surface area contributed by atoms with E-state index in [1.807, 2.05) is 0 Å². The molecule has 1 fully saturated rings. The van der Waals surface area contributed by atoms with Gasteiger partial charge >= 0.3 is 6.03 Å². The molecule has 1 aliphatic carbocycles. The number of hydrogen-bond acceptors (Lipinski definition) is 2. The van der Waals surface area contributed by atoms with Crippen molar-refractivity contribution in [3.63, 3.8) is 0 Å². The molecule has 1 aliphatic rings. The molecule has 0 heterocycles. The third kappa shape index (κ3) is 3.22. The average Bonchev–Trinajstić information content (AvgIpc) is 2.52. The largest absolute Gasteiger partial charge is 0.337 e. The van der Waals surface area contributed by atoms with Crippen LogP contribution < -0.4 is 16.6 Å². The van der Waals surface area contributed by atoms with Gasteiger partial charge in [-0.1, -0.05) is 19.8 Å². The van der Waals surface area contributed by atoms with Crippen molar-refractivity contribution in [2.24, 2.45) is 11.3 Å². The Balaban J connectivity index is 2.14. The zero-order chi connectivity index (χ0) is 9.73. The van der Waals surface area contributed by atoms with Crippen LogP contribution in [0.3, 0.4) is 0 Å². The van der Waals surface area contributed by atoms with Gasteiger partial charge in [-0.2, -0.15) is 0 Å². The summed E-state index contributed by atoms with van der Waals surface area (Å²) < 4.78 is 0. The van der Waals surface area contributed by atoms with Crippen molar-refractivity contribution >= 4 is 6.03 Å². The highest BCUT2D eigenvalue weighted by Crippen LogP contribution is 2.39. The summed E-state index contributed by atoms with van der Waals surface area (Å²) in [5, 5.41) is 2.71. The molecule has 4 heteroatoms. The molecule has 0 spiro atoms. The fraction of sp³-hybridized carbons (Fsp3) is 0.889. The second-order valence-electron chi connectivity index (χ2n) is 4.17. The van der Waals surface area contributed by atoms with Crippen LogP contribution in [0.2, 0.25) is 0 Å². The molecule has 1 saturated carbocycles. The highest BCUT2D eigenvalue weighted by Gasteiger charge is 2.27. The van der Waals surface area contributed by atoms with Crippen LogP contribution >= 0.6 is 0 Å². The number of carbonyl (C=O) groups is 1. The minimum atomic E-state index is -0.290. The van der Waals surface area contributed by atoms with E-state index in [1.54, 1.807) is 0 Å². The fourth-order valence-corrected chi connectivity index (χ4v) is 2.01. The van der Waals surface area contributed by atoms with Gasteiger partial charge in [0, 0.05) is 6.54 Å². The molecule has 4 nitrogen and oxygen atoms in total. The number of rotatable bonds is 3. The van der Waals surface area contributed by atoms with Crippen molar-refractivity contribution in [2.75, 3.05) is 6.54 Å². The zero-order valence-corrected chi connectivity index (χ0v) is 8.23. The van der Waals surface area contributed by atoms with E-state index in [2.05, 4.69) is 17.7 Å². The highest BCUT2D eigenvalue weighted by molar-refractivity contribution is 5.72. The molecule has 0 atom stereocenters. The second-order valence-corrected chi connectivity index (χ2v) is 4.17. The molecule has 0 unspecified atom stereocenters. The minimum Gasteiger partial charge on any atom is -0.337 e. The minimum absolute atomic E-state index is 0.290. The Labute approximate surface area is 79.2 Å². The Hall–Kier alpha value is -0.770.